The Kier molecular flexibility index (Phi) is 4.00. The summed E-state index contributed by atoms with van der Waals surface area (Å²) in [5, 5.41) is 19.4. The summed E-state index contributed by atoms with van der Waals surface area (Å²) in [5.74, 6) is 0. The summed E-state index contributed by atoms with van der Waals surface area (Å²) in [5.41, 5.74) is 1.91. The summed E-state index contributed by atoms with van der Waals surface area (Å²) in [6.07, 6.45) is 1.94. The van der Waals surface area contributed by atoms with Crippen LogP contribution in [0.3, 0.4) is 0 Å². The normalized spacial score (nSPS) is 13.2. The van der Waals surface area contributed by atoms with E-state index in [9.17, 15) is 10.1 Å². The summed E-state index contributed by atoms with van der Waals surface area (Å²) < 4.78 is 1.77. The number of nitrogens with zero attached hydrogens (tertiary/aromatic N) is 4. The van der Waals surface area contributed by atoms with Gasteiger partial charge in [-0.15, -0.1) is 5.10 Å². The molecule has 1 unspecified atom stereocenters. The molecule has 3 aromatic rings. The Labute approximate surface area is 143 Å². The second-order valence-electron chi connectivity index (χ2n) is 6.73. The number of rotatable bonds is 4. The number of nitrogens with one attached hydrogen (secondary N) is 1. The SMILES string of the molecule is CC(Nc1nn2cc(C(C)(C)C)nc2s1)c1cccc([N+](=O)[O-])c1. The molecule has 0 amide bonds. The van der Waals surface area contributed by atoms with E-state index >= 15 is 0 Å². The van der Waals surface area contributed by atoms with Gasteiger partial charge < -0.3 is 5.32 Å². The van der Waals surface area contributed by atoms with Crippen LogP contribution >= 0.6 is 11.3 Å². The van der Waals surface area contributed by atoms with E-state index in [-0.39, 0.29) is 22.1 Å². The molecule has 1 N–H and O–H groups in total. The Bertz CT molecular complexity index is 862. The molecule has 0 saturated carbocycles. The van der Waals surface area contributed by atoms with Crippen LogP contribution in [0.25, 0.3) is 4.96 Å². The standard InChI is InChI=1S/C16H19N5O2S/c1-10(11-6-5-7-12(8-11)21(22)23)17-14-19-20-9-13(16(2,3)4)18-15(20)24-14/h5-10H,1-4H3,(H,17,19). The van der Waals surface area contributed by atoms with Crippen molar-refractivity contribution in [3.63, 3.8) is 0 Å². The highest BCUT2D eigenvalue weighted by molar-refractivity contribution is 7.20. The number of benzene rings is 1. The summed E-state index contributed by atoms with van der Waals surface area (Å²) >= 11 is 1.46. The molecule has 0 spiro atoms. The molecule has 2 heterocycles. The Morgan fingerprint density at radius 1 is 1.38 bits per heavy atom. The van der Waals surface area contributed by atoms with E-state index in [1.54, 1.807) is 16.6 Å². The Morgan fingerprint density at radius 3 is 2.75 bits per heavy atom. The zero-order valence-electron chi connectivity index (χ0n) is 14.0. The maximum Gasteiger partial charge on any atom is 0.269 e. The third kappa shape index (κ3) is 3.23. The number of anilines is 1. The van der Waals surface area contributed by atoms with Crippen LogP contribution in [0.1, 0.15) is 45.0 Å². The van der Waals surface area contributed by atoms with E-state index < -0.39 is 0 Å². The van der Waals surface area contributed by atoms with Gasteiger partial charge in [-0.1, -0.05) is 44.2 Å². The molecule has 0 fully saturated rings. The summed E-state index contributed by atoms with van der Waals surface area (Å²) in [6, 6.07) is 6.52. The van der Waals surface area contributed by atoms with E-state index in [0.717, 1.165) is 21.3 Å². The van der Waals surface area contributed by atoms with Crippen molar-refractivity contribution < 1.29 is 4.92 Å². The maximum absolute atomic E-state index is 10.9. The van der Waals surface area contributed by atoms with Crippen molar-refractivity contribution in [1.82, 2.24) is 14.6 Å². The maximum atomic E-state index is 10.9. The number of non-ortho nitro benzene ring substituents is 1. The van der Waals surface area contributed by atoms with Crippen LogP contribution in [0.2, 0.25) is 0 Å². The monoisotopic (exact) mass is 345 g/mol. The van der Waals surface area contributed by atoms with Gasteiger partial charge in [0, 0.05) is 17.5 Å². The highest BCUT2D eigenvalue weighted by atomic mass is 32.1. The highest BCUT2D eigenvalue weighted by Gasteiger charge is 2.20. The largest absolute Gasteiger partial charge is 0.354 e. The second-order valence-corrected chi connectivity index (χ2v) is 7.68. The molecule has 2 aromatic heterocycles. The molecule has 7 nitrogen and oxygen atoms in total. The number of aromatic nitrogens is 3. The minimum Gasteiger partial charge on any atom is -0.354 e. The molecule has 1 atom stereocenters. The number of nitro benzene ring substituents is 1. The third-order valence-electron chi connectivity index (χ3n) is 3.73. The lowest BCUT2D eigenvalue weighted by molar-refractivity contribution is -0.384. The number of imidazole rings is 1. The van der Waals surface area contributed by atoms with Gasteiger partial charge in [0.15, 0.2) is 0 Å². The first kappa shape index (κ1) is 16.4. The predicted molar refractivity (Wildman–Crippen MR) is 94.7 cm³/mol. The number of nitro groups is 1. The molecule has 0 saturated heterocycles. The van der Waals surface area contributed by atoms with Crippen LogP contribution in [0.4, 0.5) is 10.8 Å². The van der Waals surface area contributed by atoms with Crippen molar-refractivity contribution in [2.45, 2.75) is 39.2 Å². The van der Waals surface area contributed by atoms with Gasteiger partial charge in [0.1, 0.15) is 0 Å². The summed E-state index contributed by atoms with van der Waals surface area (Å²) in [6.45, 7) is 8.29. The van der Waals surface area contributed by atoms with E-state index in [1.165, 1.54) is 17.4 Å². The van der Waals surface area contributed by atoms with Crippen molar-refractivity contribution >= 4 is 27.1 Å². The average Bonchev–Trinajstić information content (AvgIpc) is 3.05. The molecule has 0 bridgehead atoms. The van der Waals surface area contributed by atoms with Gasteiger partial charge in [0.25, 0.3) is 5.69 Å². The molecule has 126 valence electrons. The average molecular weight is 345 g/mol. The number of hydrogen-bond donors (Lipinski definition) is 1. The van der Waals surface area contributed by atoms with E-state index in [0.29, 0.717) is 0 Å². The minimum absolute atomic E-state index is 0.0166. The van der Waals surface area contributed by atoms with E-state index in [4.69, 9.17) is 0 Å². The third-order valence-corrected chi connectivity index (χ3v) is 4.59. The first-order valence-corrected chi connectivity index (χ1v) is 8.43. The number of hydrogen-bond acceptors (Lipinski definition) is 6. The fourth-order valence-corrected chi connectivity index (χ4v) is 3.16. The smallest absolute Gasteiger partial charge is 0.269 e. The Morgan fingerprint density at radius 2 is 2.12 bits per heavy atom. The lowest BCUT2D eigenvalue weighted by Crippen LogP contribution is -2.11. The van der Waals surface area contributed by atoms with Gasteiger partial charge in [0.2, 0.25) is 10.1 Å². The molecule has 3 rings (SSSR count). The van der Waals surface area contributed by atoms with Gasteiger partial charge in [-0.3, -0.25) is 10.1 Å². The Balaban J connectivity index is 1.80. The van der Waals surface area contributed by atoms with Crippen LogP contribution in [0.15, 0.2) is 30.5 Å². The molecule has 1 aromatic carbocycles. The van der Waals surface area contributed by atoms with Crippen LogP contribution in [0, 0.1) is 10.1 Å². The molecular formula is C16H19N5O2S. The second kappa shape index (κ2) is 5.86. The quantitative estimate of drug-likeness (QED) is 0.566. The van der Waals surface area contributed by atoms with Crippen LogP contribution < -0.4 is 5.32 Å². The van der Waals surface area contributed by atoms with Crippen molar-refractivity contribution in [2.75, 3.05) is 5.32 Å². The highest BCUT2D eigenvalue weighted by Crippen LogP contribution is 2.28. The molecule has 0 aliphatic rings. The fraction of sp³-hybridized carbons (Fsp3) is 0.375. The fourth-order valence-electron chi connectivity index (χ4n) is 2.30. The zero-order valence-corrected chi connectivity index (χ0v) is 14.8. The first-order chi connectivity index (χ1) is 11.2. The molecule has 0 aliphatic carbocycles. The van der Waals surface area contributed by atoms with Gasteiger partial charge in [0.05, 0.1) is 22.9 Å². The van der Waals surface area contributed by atoms with Gasteiger partial charge >= 0.3 is 0 Å². The van der Waals surface area contributed by atoms with Crippen molar-refractivity contribution in [3.8, 4) is 0 Å². The minimum atomic E-state index is -0.387. The van der Waals surface area contributed by atoms with E-state index in [2.05, 4.69) is 36.2 Å². The molecule has 8 heteroatoms. The zero-order chi connectivity index (χ0) is 17.5. The number of fused-ring (bicyclic) bond motifs is 1. The lowest BCUT2D eigenvalue weighted by atomic mass is 9.93. The van der Waals surface area contributed by atoms with Gasteiger partial charge in [-0.25, -0.2) is 9.50 Å². The van der Waals surface area contributed by atoms with Crippen molar-refractivity contribution in [1.29, 1.82) is 0 Å². The lowest BCUT2D eigenvalue weighted by Gasteiger charge is -2.14. The topological polar surface area (TPSA) is 85.4 Å². The first-order valence-electron chi connectivity index (χ1n) is 7.61. The van der Waals surface area contributed by atoms with Crippen LogP contribution in [0.5, 0.6) is 0 Å². The van der Waals surface area contributed by atoms with Crippen molar-refractivity contribution in [3.05, 3.63) is 51.8 Å². The van der Waals surface area contributed by atoms with Gasteiger partial charge in [-0.05, 0) is 12.5 Å². The summed E-state index contributed by atoms with van der Waals surface area (Å²) in [4.78, 5) is 15.9. The van der Waals surface area contributed by atoms with Crippen molar-refractivity contribution in [2.24, 2.45) is 0 Å². The molecule has 0 aliphatic heterocycles. The van der Waals surface area contributed by atoms with Crippen LogP contribution in [-0.4, -0.2) is 19.5 Å². The Hall–Kier alpha value is -2.48. The van der Waals surface area contributed by atoms with E-state index in [1.807, 2.05) is 19.2 Å². The molecule has 24 heavy (non-hydrogen) atoms. The molecule has 0 radical (unpaired) electrons. The molecular weight excluding hydrogens is 326 g/mol. The predicted octanol–water partition coefficient (Wildman–Crippen LogP) is 4.17. The van der Waals surface area contributed by atoms with Crippen LogP contribution in [-0.2, 0) is 5.41 Å². The van der Waals surface area contributed by atoms with Gasteiger partial charge in [-0.2, -0.15) is 0 Å². The summed E-state index contributed by atoms with van der Waals surface area (Å²) in [7, 11) is 0.